The van der Waals surface area contributed by atoms with Crippen LogP contribution in [0.2, 0.25) is 0 Å². The number of piperazine rings is 1. The van der Waals surface area contributed by atoms with Crippen LogP contribution in [0, 0.1) is 13.8 Å². The first-order chi connectivity index (χ1) is 13.5. The molecule has 28 heavy (non-hydrogen) atoms. The summed E-state index contributed by atoms with van der Waals surface area (Å²) in [5, 5.41) is 3.13. The van der Waals surface area contributed by atoms with Gasteiger partial charge in [-0.05, 0) is 37.5 Å². The number of hydrogen-bond acceptors (Lipinski definition) is 3. The Morgan fingerprint density at radius 2 is 1.64 bits per heavy atom. The number of carbonyl (C=O) groups excluding carboxylic acids is 1. The molecule has 1 aliphatic heterocycles. The number of hydrogen-bond donors (Lipinski definition) is 1. The topological polar surface area (TPSA) is 35.6 Å². The Morgan fingerprint density at radius 1 is 1.00 bits per heavy atom. The van der Waals surface area contributed by atoms with Crippen LogP contribution in [0.5, 0.6) is 0 Å². The molecule has 0 bridgehead atoms. The van der Waals surface area contributed by atoms with Crippen LogP contribution in [0.4, 0.5) is 5.69 Å². The summed E-state index contributed by atoms with van der Waals surface area (Å²) in [5.74, 6) is 0.0785. The minimum absolute atomic E-state index is 0.0785. The van der Waals surface area contributed by atoms with Gasteiger partial charge in [0.25, 0.3) is 0 Å². The Hall–Kier alpha value is -2.43. The molecule has 3 rings (SSSR count). The van der Waals surface area contributed by atoms with Gasteiger partial charge in [0.05, 0.1) is 6.04 Å². The highest BCUT2D eigenvalue weighted by molar-refractivity contribution is 5.95. The Balaban J connectivity index is 1.47. The van der Waals surface area contributed by atoms with Crippen LogP contribution in [-0.4, -0.2) is 54.5 Å². The first kappa shape index (κ1) is 20.3. The normalized spacial score (nSPS) is 17.0. The number of carbonyl (C=O) groups is 1. The number of anilines is 1. The number of amides is 1. The van der Waals surface area contributed by atoms with Crippen molar-refractivity contribution < 1.29 is 4.79 Å². The van der Waals surface area contributed by atoms with Crippen LogP contribution in [0.1, 0.15) is 23.6 Å². The van der Waals surface area contributed by atoms with Gasteiger partial charge in [0.1, 0.15) is 0 Å². The molecule has 1 aliphatic rings. The molecule has 1 atom stereocenters. The smallest absolute Gasteiger partial charge is 0.241 e. The van der Waals surface area contributed by atoms with Crippen LogP contribution >= 0.6 is 0 Å². The highest BCUT2D eigenvalue weighted by atomic mass is 16.2. The minimum Gasteiger partial charge on any atom is -0.324 e. The van der Waals surface area contributed by atoms with Crippen molar-refractivity contribution in [1.82, 2.24) is 9.80 Å². The first-order valence-electron chi connectivity index (χ1n) is 10.1. The Morgan fingerprint density at radius 3 is 2.29 bits per heavy atom. The van der Waals surface area contributed by atoms with E-state index in [0.29, 0.717) is 0 Å². The molecule has 1 amide bonds. The molecule has 2 aromatic carbocycles. The lowest BCUT2D eigenvalue weighted by Crippen LogP contribution is -2.52. The second-order valence-corrected chi connectivity index (χ2v) is 7.58. The van der Waals surface area contributed by atoms with E-state index >= 15 is 0 Å². The molecular weight excluding hydrogens is 346 g/mol. The Bertz CT molecular complexity index is 788. The fourth-order valence-corrected chi connectivity index (χ4v) is 3.64. The van der Waals surface area contributed by atoms with Gasteiger partial charge in [0, 0.05) is 38.4 Å². The SMILES string of the molecule is Cc1cccc(C)c1NC(=O)C(C)N1CCN(C/C=C/c2ccccc2)CC1. The van der Waals surface area contributed by atoms with Crippen LogP contribution in [0.25, 0.3) is 6.08 Å². The number of nitrogens with one attached hydrogen (secondary N) is 1. The average Bonchev–Trinajstić information content (AvgIpc) is 2.71. The largest absolute Gasteiger partial charge is 0.324 e. The third kappa shape index (κ3) is 5.31. The molecule has 1 unspecified atom stereocenters. The van der Waals surface area contributed by atoms with Crippen molar-refractivity contribution in [3.8, 4) is 0 Å². The highest BCUT2D eigenvalue weighted by Gasteiger charge is 2.25. The van der Waals surface area contributed by atoms with Crippen molar-refractivity contribution in [3.63, 3.8) is 0 Å². The zero-order valence-electron chi connectivity index (χ0n) is 17.2. The molecule has 1 N–H and O–H groups in total. The Labute approximate surface area is 168 Å². The van der Waals surface area contributed by atoms with Gasteiger partial charge in [0.2, 0.25) is 5.91 Å². The summed E-state index contributed by atoms with van der Waals surface area (Å²) >= 11 is 0. The van der Waals surface area contributed by atoms with Crippen molar-refractivity contribution in [2.75, 3.05) is 38.0 Å². The summed E-state index contributed by atoms with van der Waals surface area (Å²) < 4.78 is 0. The molecule has 0 radical (unpaired) electrons. The van der Waals surface area contributed by atoms with E-state index in [1.807, 2.05) is 45.0 Å². The van der Waals surface area contributed by atoms with Gasteiger partial charge in [-0.25, -0.2) is 0 Å². The summed E-state index contributed by atoms with van der Waals surface area (Å²) in [7, 11) is 0. The fourth-order valence-electron chi connectivity index (χ4n) is 3.64. The van der Waals surface area contributed by atoms with Crippen molar-refractivity contribution in [1.29, 1.82) is 0 Å². The highest BCUT2D eigenvalue weighted by Crippen LogP contribution is 2.20. The summed E-state index contributed by atoms with van der Waals surface area (Å²) in [5.41, 5.74) is 4.40. The number of aryl methyl sites for hydroxylation is 2. The van der Waals surface area contributed by atoms with Gasteiger partial charge in [-0.1, -0.05) is 60.7 Å². The quantitative estimate of drug-likeness (QED) is 0.828. The van der Waals surface area contributed by atoms with Gasteiger partial charge in [-0.2, -0.15) is 0 Å². The van der Waals surface area contributed by atoms with Crippen molar-refractivity contribution in [3.05, 3.63) is 71.3 Å². The predicted octanol–water partition coefficient (Wildman–Crippen LogP) is 3.96. The molecule has 1 fully saturated rings. The zero-order chi connectivity index (χ0) is 19.9. The van der Waals surface area contributed by atoms with Crippen molar-refractivity contribution >= 4 is 17.7 Å². The van der Waals surface area contributed by atoms with E-state index in [2.05, 4.69) is 51.5 Å². The van der Waals surface area contributed by atoms with Gasteiger partial charge < -0.3 is 5.32 Å². The maximum atomic E-state index is 12.7. The van der Waals surface area contributed by atoms with Gasteiger partial charge in [-0.15, -0.1) is 0 Å². The van der Waals surface area contributed by atoms with E-state index in [0.717, 1.165) is 49.5 Å². The molecular formula is C24H31N3O. The van der Waals surface area contributed by atoms with E-state index in [1.54, 1.807) is 0 Å². The number of rotatable bonds is 6. The first-order valence-corrected chi connectivity index (χ1v) is 10.1. The lowest BCUT2D eigenvalue weighted by atomic mass is 10.1. The van der Waals surface area contributed by atoms with Crippen LogP contribution < -0.4 is 5.32 Å². The predicted molar refractivity (Wildman–Crippen MR) is 117 cm³/mol. The molecule has 2 aromatic rings. The monoisotopic (exact) mass is 377 g/mol. The Kier molecular flexibility index (Phi) is 7.01. The third-order valence-corrected chi connectivity index (χ3v) is 5.54. The van der Waals surface area contributed by atoms with E-state index in [9.17, 15) is 4.79 Å². The minimum atomic E-state index is -0.124. The summed E-state index contributed by atoms with van der Waals surface area (Å²) in [6.45, 7) is 10.8. The molecule has 0 spiro atoms. The standard InChI is InChI=1S/C24H31N3O/c1-19-9-7-10-20(2)23(19)25-24(28)21(3)27-17-15-26(16-18-27)14-8-13-22-11-5-4-6-12-22/h4-13,21H,14-18H2,1-3H3,(H,25,28)/b13-8+. The van der Waals surface area contributed by atoms with E-state index in [-0.39, 0.29) is 11.9 Å². The van der Waals surface area contributed by atoms with Gasteiger partial charge in [0.15, 0.2) is 0 Å². The molecule has 0 aliphatic carbocycles. The van der Waals surface area contributed by atoms with Crippen LogP contribution in [-0.2, 0) is 4.79 Å². The fraction of sp³-hybridized carbons (Fsp3) is 0.375. The molecule has 4 heteroatoms. The second kappa shape index (κ2) is 9.67. The lowest BCUT2D eigenvalue weighted by Gasteiger charge is -2.37. The molecule has 1 heterocycles. The van der Waals surface area contributed by atoms with Crippen LogP contribution in [0.3, 0.4) is 0 Å². The van der Waals surface area contributed by atoms with Crippen molar-refractivity contribution in [2.45, 2.75) is 26.8 Å². The molecule has 148 valence electrons. The number of para-hydroxylation sites is 1. The molecule has 1 saturated heterocycles. The third-order valence-electron chi connectivity index (χ3n) is 5.54. The molecule has 0 aromatic heterocycles. The van der Waals surface area contributed by atoms with Crippen LogP contribution in [0.15, 0.2) is 54.6 Å². The van der Waals surface area contributed by atoms with Gasteiger partial charge in [-0.3, -0.25) is 14.6 Å². The van der Waals surface area contributed by atoms with E-state index in [1.165, 1.54) is 5.56 Å². The van der Waals surface area contributed by atoms with E-state index in [4.69, 9.17) is 0 Å². The summed E-state index contributed by atoms with van der Waals surface area (Å²) in [6, 6.07) is 16.4. The second-order valence-electron chi connectivity index (χ2n) is 7.58. The maximum Gasteiger partial charge on any atom is 0.241 e. The lowest BCUT2D eigenvalue weighted by molar-refractivity contribution is -0.121. The zero-order valence-corrected chi connectivity index (χ0v) is 17.2. The van der Waals surface area contributed by atoms with Gasteiger partial charge >= 0.3 is 0 Å². The summed E-state index contributed by atoms with van der Waals surface area (Å²) in [4.78, 5) is 17.5. The summed E-state index contributed by atoms with van der Waals surface area (Å²) in [6.07, 6.45) is 4.40. The number of benzene rings is 2. The maximum absolute atomic E-state index is 12.7. The van der Waals surface area contributed by atoms with E-state index < -0.39 is 0 Å². The molecule has 4 nitrogen and oxygen atoms in total. The molecule has 0 saturated carbocycles. The number of nitrogens with zero attached hydrogens (tertiary/aromatic N) is 2. The average molecular weight is 378 g/mol. The van der Waals surface area contributed by atoms with Crippen molar-refractivity contribution in [2.24, 2.45) is 0 Å².